The number of anilines is 1. The lowest BCUT2D eigenvalue weighted by atomic mass is 10.0. The summed E-state index contributed by atoms with van der Waals surface area (Å²) >= 11 is 0. The normalized spacial score (nSPS) is 11.6. The zero-order valence-electron chi connectivity index (χ0n) is 11.5. The Labute approximate surface area is 120 Å². The molecule has 0 saturated heterocycles. The van der Waals surface area contributed by atoms with Crippen molar-refractivity contribution in [3.8, 4) is 0 Å². The van der Waals surface area contributed by atoms with E-state index in [0.717, 1.165) is 0 Å². The van der Waals surface area contributed by atoms with Gasteiger partial charge in [-0.25, -0.2) is 0 Å². The van der Waals surface area contributed by atoms with Gasteiger partial charge in [-0.2, -0.15) is 0 Å². The molecule has 0 aliphatic heterocycles. The van der Waals surface area contributed by atoms with E-state index in [0.29, 0.717) is 23.6 Å². The van der Waals surface area contributed by atoms with E-state index in [-0.39, 0.29) is 24.1 Å². The number of carbonyl (C=O) groups is 2. The largest absolute Gasteiger partial charge is 0.325 e. The molecule has 0 heterocycles. The van der Waals surface area contributed by atoms with Crippen LogP contribution >= 0.6 is 12.4 Å². The van der Waals surface area contributed by atoms with E-state index in [2.05, 4.69) is 5.32 Å². The maximum atomic E-state index is 11.8. The second kappa shape index (κ2) is 7.92. The molecule has 106 valence electrons. The molecule has 1 aromatic rings. The van der Waals surface area contributed by atoms with Gasteiger partial charge in [0.25, 0.3) is 0 Å². The molecule has 0 aliphatic rings. The lowest BCUT2D eigenvalue weighted by Crippen LogP contribution is -2.36. The van der Waals surface area contributed by atoms with Gasteiger partial charge in [0.2, 0.25) is 5.91 Å². The second-order valence-corrected chi connectivity index (χ2v) is 4.86. The first kappa shape index (κ1) is 17.6. The Bertz CT molecular complexity index is 447. The topological polar surface area (TPSA) is 72.2 Å². The third-order valence-electron chi connectivity index (χ3n) is 2.60. The fourth-order valence-corrected chi connectivity index (χ4v) is 1.67. The van der Waals surface area contributed by atoms with Crippen LogP contribution in [0.15, 0.2) is 24.3 Å². The Morgan fingerprint density at radius 2 is 1.95 bits per heavy atom. The first-order valence-corrected chi connectivity index (χ1v) is 6.07. The number of carbonyl (C=O) groups excluding carboxylic acids is 2. The highest BCUT2D eigenvalue weighted by Gasteiger charge is 2.15. The molecule has 1 rings (SSSR count). The zero-order chi connectivity index (χ0) is 13.7. The van der Waals surface area contributed by atoms with Crippen molar-refractivity contribution in [2.24, 2.45) is 11.7 Å². The van der Waals surface area contributed by atoms with Gasteiger partial charge in [0.15, 0.2) is 5.78 Å². The van der Waals surface area contributed by atoms with E-state index in [9.17, 15) is 9.59 Å². The molecule has 0 unspecified atom stereocenters. The third kappa shape index (κ3) is 5.85. The number of rotatable bonds is 5. The van der Waals surface area contributed by atoms with Gasteiger partial charge in [-0.3, -0.25) is 9.59 Å². The van der Waals surface area contributed by atoms with Gasteiger partial charge in [0.1, 0.15) is 0 Å². The Hall–Kier alpha value is -1.39. The highest BCUT2D eigenvalue weighted by molar-refractivity contribution is 5.98. The van der Waals surface area contributed by atoms with Gasteiger partial charge in [0, 0.05) is 11.3 Å². The summed E-state index contributed by atoms with van der Waals surface area (Å²) in [6, 6.07) is 6.33. The van der Waals surface area contributed by atoms with Crippen LogP contribution in [0.1, 0.15) is 37.6 Å². The molecule has 0 bridgehead atoms. The molecule has 0 spiro atoms. The number of nitrogens with one attached hydrogen (secondary N) is 1. The molecular weight excluding hydrogens is 264 g/mol. The molecule has 0 aromatic heterocycles. The summed E-state index contributed by atoms with van der Waals surface area (Å²) in [5.74, 6) is 0.122. The van der Waals surface area contributed by atoms with E-state index in [1.807, 2.05) is 13.8 Å². The number of Topliss-reactive ketones (excluding diaryl/α,β-unsaturated/α-hetero) is 1. The van der Waals surface area contributed by atoms with Crippen LogP contribution in [0.4, 0.5) is 5.69 Å². The van der Waals surface area contributed by atoms with Crippen LogP contribution in [-0.4, -0.2) is 17.7 Å². The number of ketones is 1. The predicted molar refractivity (Wildman–Crippen MR) is 79.8 cm³/mol. The van der Waals surface area contributed by atoms with E-state index >= 15 is 0 Å². The number of hydrogen-bond donors (Lipinski definition) is 2. The average Bonchev–Trinajstić information content (AvgIpc) is 2.28. The zero-order valence-corrected chi connectivity index (χ0v) is 12.3. The summed E-state index contributed by atoms with van der Waals surface area (Å²) in [6.45, 7) is 5.53. The molecule has 1 amide bonds. The highest BCUT2D eigenvalue weighted by Crippen LogP contribution is 2.12. The quantitative estimate of drug-likeness (QED) is 0.817. The van der Waals surface area contributed by atoms with E-state index in [1.165, 1.54) is 6.92 Å². The number of nitrogens with two attached hydrogens (primary N) is 1. The Kier molecular flexibility index (Phi) is 7.34. The summed E-state index contributed by atoms with van der Waals surface area (Å²) in [5.41, 5.74) is 6.96. The van der Waals surface area contributed by atoms with Gasteiger partial charge < -0.3 is 11.1 Å². The summed E-state index contributed by atoms with van der Waals surface area (Å²) in [5, 5.41) is 2.73. The summed E-state index contributed by atoms with van der Waals surface area (Å²) < 4.78 is 0. The predicted octanol–water partition coefficient (Wildman–Crippen LogP) is 2.62. The van der Waals surface area contributed by atoms with Crippen LogP contribution in [0.5, 0.6) is 0 Å². The summed E-state index contributed by atoms with van der Waals surface area (Å²) in [6.07, 6.45) is 0.637. The first-order chi connectivity index (χ1) is 8.40. The van der Waals surface area contributed by atoms with Crippen molar-refractivity contribution in [2.75, 3.05) is 5.32 Å². The molecule has 0 saturated carbocycles. The van der Waals surface area contributed by atoms with Crippen molar-refractivity contribution in [3.05, 3.63) is 29.8 Å². The van der Waals surface area contributed by atoms with Gasteiger partial charge in [-0.1, -0.05) is 26.0 Å². The molecule has 1 atom stereocenters. The molecule has 0 aliphatic carbocycles. The van der Waals surface area contributed by atoms with Crippen LogP contribution in [0, 0.1) is 5.92 Å². The minimum atomic E-state index is -0.522. The molecule has 0 fully saturated rings. The lowest BCUT2D eigenvalue weighted by molar-refractivity contribution is -0.117. The van der Waals surface area contributed by atoms with Crippen molar-refractivity contribution in [1.82, 2.24) is 0 Å². The molecule has 5 heteroatoms. The number of hydrogen-bond acceptors (Lipinski definition) is 3. The van der Waals surface area contributed by atoms with Crippen molar-refractivity contribution in [1.29, 1.82) is 0 Å². The van der Waals surface area contributed by atoms with Crippen molar-refractivity contribution in [2.45, 2.75) is 33.2 Å². The molecular formula is C14H21ClN2O2. The van der Waals surface area contributed by atoms with Gasteiger partial charge in [-0.15, -0.1) is 12.4 Å². The molecule has 1 aromatic carbocycles. The maximum Gasteiger partial charge on any atom is 0.241 e. The van der Waals surface area contributed by atoms with Crippen LogP contribution < -0.4 is 11.1 Å². The van der Waals surface area contributed by atoms with Crippen LogP contribution in [0.25, 0.3) is 0 Å². The fourth-order valence-electron chi connectivity index (χ4n) is 1.67. The van der Waals surface area contributed by atoms with Crippen LogP contribution in [0.2, 0.25) is 0 Å². The highest BCUT2D eigenvalue weighted by atomic mass is 35.5. The standard InChI is InChI=1S/C14H20N2O2.ClH/c1-9(2)7-13(15)14(18)16-12-6-4-5-11(8-12)10(3)17;/h4-6,8-9,13H,7,15H2,1-3H3,(H,16,18);1H/t13-;/m0./s1. The number of halogens is 1. The smallest absolute Gasteiger partial charge is 0.241 e. The van der Waals surface area contributed by atoms with Crippen LogP contribution in [0.3, 0.4) is 0 Å². The first-order valence-electron chi connectivity index (χ1n) is 6.07. The lowest BCUT2D eigenvalue weighted by Gasteiger charge is -2.14. The maximum absolute atomic E-state index is 11.8. The molecule has 4 nitrogen and oxygen atoms in total. The molecule has 3 N–H and O–H groups in total. The van der Waals surface area contributed by atoms with E-state index in [4.69, 9.17) is 5.73 Å². The summed E-state index contributed by atoms with van der Waals surface area (Å²) in [7, 11) is 0. The molecule has 19 heavy (non-hydrogen) atoms. The second-order valence-electron chi connectivity index (χ2n) is 4.86. The number of benzene rings is 1. The van der Waals surface area contributed by atoms with Crippen molar-refractivity contribution >= 4 is 29.8 Å². The minimum absolute atomic E-state index is 0. The molecule has 0 radical (unpaired) electrons. The van der Waals surface area contributed by atoms with Gasteiger partial charge in [-0.05, 0) is 31.4 Å². The van der Waals surface area contributed by atoms with Crippen LogP contribution in [-0.2, 0) is 4.79 Å². The Morgan fingerprint density at radius 1 is 1.32 bits per heavy atom. The Balaban J connectivity index is 0.00000324. The van der Waals surface area contributed by atoms with E-state index < -0.39 is 6.04 Å². The Morgan fingerprint density at radius 3 is 2.47 bits per heavy atom. The number of amides is 1. The SMILES string of the molecule is CC(=O)c1cccc(NC(=O)[C@@H](N)CC(C)C)c1.Cl. The van der Waals surface area contributed by atoms with Crippen molar-refractivity contribution < 1.29 is 9.59 Å². The van der Waals surface area contributed by atoms with Gasteiger partial charge in [0.05, 0.1) is 6.04 Å². The van der Waals surface area contributed by atoms with E-state index in [1.54, 1.807) is 24.3 Å². The summed E-state index contributed by atoms with van der Waals surface area (Å²) in [4.78, 5) is 23.0. The monoisotopic (exact) mass is 284 g/mol. The van der Waals surface area contributed by atoms with Crippen molar-refractivity contribution in [3.63, 3.8) is 0 Å². The minimum Gasteiger partial charge on any atom is -0.325 e. The third-order valence-corrected chi connectivity index (χ3v) is 2.60. The van der Waals surface area contributed by atoms with Gasteiger partial charge >= 0.3 is 0 Å². The average molecular weight is 285 g/mol. The fraction of sp³-hybridized carbons (Fsp3) is 0.429.